The summed E-state index contributed by atoms with van der Waals surface area (Å²) < 4.78 is 14.0. The molecule has 7 heteroatoms. The van der Waals surface area contributed by atoms with Gasteiger partial charge in [-0.15, -0.1) is 0 Å². The molecule has 0 aliphatic carbocycles. The van der Waals surface area contributed by atoms with Crippen molar-refractivity contribution in [2.45, 2.75) is 32.2 Å². The largest absolute Gasteiger partial charge is 0.481 e. The summed E-state index contributed by atoms with van der Waals surface area (Å²) in [5.74, 6) is -1.56. The predicted octanol–water partition coefficient (Wildman–Crippen LogP) is 3.35. The Morgan fingerprint density at radius 3 is 2.70 bits per heavy atom. The van der Waals surface area contributed by atoms with Crippen molar-refractivity contribution in [2.24, 2.45) is 0 Å². The second kappa shape index (κ2) is 7.84. The summed E-state index contributed by atoms with van der Waals surface area (Å²) in [6, 6.07) is 3.21. The lowest BCUT2D eigenvalue weighted by Crippen LogP contribution is -2.39. The molecule has 0 aliphatic heterocycles. The molecule has 0 bridgehead atoms. The van der Waals surface area contributed by atoms with Crippen molar-refractivity contribution < 1.29 is 19.1 Å². The molecule has 1 aromatic carbocycles. The second-order valence-electron chi connectivity index (χ2n) is 4.28. The van der Waals surface area contributed by atoms with Gasteiger partial charge in [0.05, 0.1) is 12.1 Å². The summed E-state index contributed by atoms with van der Waals surface area (Å²) in [5.41, 5.74) is 0.0237. The number of carboxylic acids is 1. The molecule has 0 aliphatic rings. The van der Waals surface area contributed by atoms with Crippen LogP contribution in [0.1, 0.15) is 26.2 Å². The number of hydrogen-bond acceptors (Lipinski definition) is 2. The Kier molecular flexibility index (Phi) is 6.44. The summed E-state index contributed by atoms with van der Waals surface area (Å²) in [7, 11) is 0. The maximum absolute atomic E-state index is 13.5. The van der Waals surface area contributed by atoms with E-state index in [1.165, 1.54) is 12.1 Å². The number of urea groups is 1. The average Bonchev–Trinajstić information content (AvgIpc) is 2.33. The topological polar surface area (TPSA) is 78.4 Å². The van der Waals surface area contributed by atoms with Crippen molar-refractivity contribution >= 4 is 33.6 Å². The molecule has 0 aromatic heterocycles. The lowest BCUT2D eigenvalue weighted by atomic mass is 10.1. The van der Waals surface area contributed by atoms with Gasteiger partial charge >= 0.3 is 12.0 Å². The van der Waals surface area contributed by atoms with Crippen molar-refractivity contribution in [2.75, 3.05) is 5.32 Å². The highest BCUT2D eigenvalue weighted by Crippen LogP contribution is 2.24. The molecule has 1 rings (SSSR count). The van der Waals surface area contributed by atoms with E-state index in [1.54, 1.807) is 6.07 Å². The Morgan fingerprint density at radius 2 is 2.15 bits per heavy atom. The van der Waals surface area contributed by atoms with Crippen molar-refractivity contribution in [3.05, 3.63) is 28.5 Å². The molecule has 0 heterocycles. The van der Waals surface area contributed by atoms with Gasteiger partial charge in [0.25, 0.3) is 0 Å². The molecule has 0 fully saturated rings. The molecule has 110 valence electrons. The Hall–Kier alpha value is -1.63. The van der Waals surface area contributed by atoms with Crippen LogP contribution in [0.4, 0.5) is 14.9 Å². The molecule has 20 heavy (non-hydrogen) atoms. The molecule has 2 amide bonds. The maximum atomic E-state index is 13.5. The van der Waals surface area contributed by atoms with Gasteiger partial charge in [-0.25, -0.2) is 9.18 Å². The lowest BCUT2D eigenvalue weighted by Gasteiger charge is -2.17. The zero-order valence-corrected chi connectivity index (χ0v) is 12.5. The third kappa shape index (κ3) is 5.16. The van der Waals surface area contributed by atoms with Crippen LogP contribution in [0.5, 0.6) is 0 Å². The third-order valence-electron chi connectivity index (χ3n) is 2.59. The lowest BCUT2D eigenvalue weighted by molar-refractivity contribution is -0.137. The van der Waals surface area contributed by atoms with Gasteiger partial charge < -0.3 is 15.7 Å². The molecule has 1 unspecified atom stereocenters. The fourth-order valence-electron chi connectivity index (χ4n) is 1.74. The van der Waals surface area contributed by atoms with Crippen LogP contribution in [-0.4, -0.2) is 23.1 Å². The number of carboxylic acid groups (broad SMARTS) is 1. The van der Waals surface area contributed by atoms with Gasteiger partial charge in [0.15, 0.2) is 0 Å². The average molecular weight is 347 g/mol. The standard InChI is InChI=1S/C13H16BrFN2O3/c1-2-4-8(7-11(18)19)16-13(20)17-12-9(14)5-3-6-10(12)15/h3,5-6,8H,2,4,7H2,1H3,(H,18,19)(H2,16,17,20). The first-order valence-corrected chi connectivity index (χ1v) is 6.96. The monoisotopic (exact) mass is 346 g/mol. The number of carbonyl (C=O) groups is 2. The highest BCUT2D eigenvalue weighted by Gasteiger charge is 2.16. The van der Waals surface area contributed by atoms with Crippen LogP contribution < -0.4 is 10.6 Å². The van der Waals surface area contributed by atoms with Crippen molar-refractivity contribution in [1.82, 2.24) is 5.32 Å². The summed E-state index contributed by atoms with van der Waals surface area (Å²) in [6.45, 7) is 1.89. The highest BCUT2D eigenvalue weighted by atomic mass is 79.9. The summed E-state index contributed by atoms with van der Waals surface area (Å²) in [5, 5.41) is 13.7. The van der Waals surface area contributed by atoms with Gasteiger partial charge in [0, 0.05) is 10.5 Å². The zero-order chi connectivity index (χ0) is 15.1. The van der Waals surface area contributed by atoms with Gasteiger partial charge in [-0.3, -0.25) is 4.79 Å². The van der Waals surface area contributed by atoms with Crippen molar-refractivity contribution in [3.63, 3.8) is 0 Å². The van der Waals surface area contributed by atoms with E-state index in [4.69, 9.17) is 5.11 Å². The first-order chi connectivity index (χ1) is 9.43. The van der Waals surface area contributed by atoms with Gasteiger partial charge in [-0.2, -0.15) is 0 Å². The predicted molar refractivity (Wildman–Crippen MR) is 77.2 cm³/mol. The smallest absolute Gasteiger partial charge is 0.319 e. The fourth-order valence-corrected chi connectivity index (χ4v) is 2.18. The zero-order valence-electron chi connectivity index (χ0n) is 11.0. The number of halogens is 2. The molecule has 1 atom stereocenters. The van der Waals surface area contributed by atoms with Crippen LogP contribution in [0.25, 0.3) is 0 Å². The Labute approximate surface area is 124 Å². The molecular weight excluding hydrogens is 331 g/mol. The van der Waals surface area contributed by atoms with E-state index < -0.39 is 23.9 Å². The number of anilines is 1. The summed E-state index contributed by atoms with van der Waals surface area (Å²) in [6.07, 6.45) is 1.11. The summed E-state index contributed by atoms with van der Waals surface area (Å²) >= 11 is 3.14. The van der Waals surface area contributed by atoms with Crippen LogP contribution in [0, 0.1) is 5.82 Å². The van der Waals surface area contributed by atoms with E-state index in [-0.39, 0.29) is 12.1 Å². The van der Waals surface area contributed by atoms with Crippen LogP contribution in [0.15, 0.2) is 22.7 Å². The SMILES string of the molecule is CCCC(CC(=O)O)NC(=O)Nc1c(F)cccc1Br. The first-order valence-electron chi connectivity index (χ1n) is 6.17. The molecule has 0 radical (unpaired) electrons. The fraction of sp³-hybridized carbons (Fsp3) is 0.385. The Balaban J connectivity index is 2.68. The Morgan fingerprint density at radius 1 is 1.45 bits per heavy atom. The quantitative estimate of drug-likeness (QED) is 0.738. The molecule has 0 saturated carbocycles. The molecule has 3 N–H and O–H groups in total. The van der Waals surface area contributed by atoms with Crippen LogP contribution in [0.2, 0.25) is 0 Å². The van der Waals surface area contributed by atoms with Crippen molar-refractivity contribution in [1.29, 1.82) is 0 Å². The minimum atomic E-state index is -0.990. The van der Waals surface area contributed by atoms with Crippen LogP contribution in [0.3, 0.4) is 0 Å². The van der Waals surface area contributed by atoms with Crippen LogP contribution >= 0.6 is 15.9 Å². The molecule has 0 spiro atoms. The van der Waals surface area contributed by atoms with Gasteiger partial charge in [-0.05, 0) is 34.5 Å². The second-order valence-corrected chi connectivity index (χ2v) is 5.13. The number of amides is 2. The van der Waals surface area contributed by atoms with Gasteiger partial charge in [0.2, 0.25) is 0 Å². The molecular formula is C13H16BrFN2O3. The number of aliphatic carboxylic acids is 1. The minimum Gasteiger partial charge on any atom is -0.481 e. The first kappa shape index (κ1) is 16.4. The highest BCUT2D eigenvalue weighted by molar-refractivity contribution is 9.10. The number of rotatable bonds is 6. The number of para-hydroxylation sites is 1. The number of nitrogens with one attached hydrogen (secondary N) is 2. The van der Waals surface area contributed by atoms with E-state index in [0.717, 1.165) is 6.42 Å². The molecule has 1 aromatic rings. The number of hydrogen-bond donors (Lipinski definition) is 3. The van der Waals surface area contributed by atoms with E-state index in [0.29, 0.717) is 10.9 Å². The molecule has 5 nitrogen and oxygen atoms in total. The third-order valence-corrected chi connectivity index (χ3v) is 3.26. The Bertz CT molecular complexity index is 476. The van der Waals surface area contributed by atoms with Crippen molar-refractivity contribution in [3.8, 4) is 0 Å². The number of benzene rings is 1. The normalized spacial score (nSPS) is 11.8. The van der Waals surface area contributed by atoms with E-state index in [2.05, 4.69) is 26.6 Å². The summed E-state index contributed by atoms with van der Waals surface area (Å²) in [4.78, 5) is 22.5. The van der Waals surface area contributed by atoms with Gasteiger partial charge in [-0.1, -0.05) is 19.4 Å². The maximum Gasteiger partial charge on any atom is 0.319 e. The van der Waals surface area contributed by atoms with E-state index >= 15 is 0 Å². The minimum absolute atomic E-state index is 0.0237. The molecule has 0 saturated heterocycles. The van der Waals surface area contributed by atoms with Gasteiger partial charge in [0.1, 0.15) is 5.82 Å². The van der Waals surface area contributed by atoms with E-state index in [1.807, 2.05) is 6.92 Å². The van der Waals surface area contributed by atoms with E-state index in [9.17, 15) is 14.0 Å². The van der Waals surface area contributed by atoms with Crippen LogP contribution in [-0.2, 0) is 4.79 Å². The number of carbonyl (C=O) groups excluding carboxylic acids is 1.